The topological polar surface area (TPSA) is 97.0 Å². The number of amides is 1. The van der Waals surface area contributed by atoms with Crippen LogP contribution >= 0.6 is 0 Å². The summed E-state index contributed by atoms with van der Waals surface area (Å²) >= 11 is 0. The molecule has 0 saturated carbocycles. The van der Waals surface area contributed by atoms with Crippen molar-refractivity contribution < 1.29 is 22.7 Å². The molecular weight excluding hydrogens is 430 g/mol. The van der Waals surface area contributed by atoms with Gasteiger partial charge in [-0.25, -0.2) is 8.42 Å². The standard InChI is InChI=1S/C23H31N3O5S/c1-5-26(6-2)18-9-7-17(8-10-18)24-23(27)22(16(3)4)25-32(28,29)19-11-12-20-21(15-19)31-14-13-30-20/h7-12,15-16,22,25H,5-6,13-14H2,1-4H3,(H,24,27). The average Bonchev–Trinajstić information content (AvgIpc) is 2.79. The van der Waals surface area contributed by atoms with Crippen LogP contribution in [0.1, 0.15) is 27.7 Å². The molecule has 2 N–H and O–H groups in total. The van der Waals surface area contributed by atoms with Crippen molar-refractivity contribution in [3.05, 3.63) is 42.5 Å². The number of sulfonamides is 1. The summed E-state index contributed by atoms with van der Waals surface area (Å²) < 4.78 is 39.4. The largest absolute Gasteiger partial charge is 0.486 e. The van der Waals surface area contributed by atoms with Crippen molar-refractivity contribution in [2.24, 2.45) is 5.92 Å². The summed E-state index contributed by atoms with van der Waals surface area (Å²) in [5.74, 6) is 0.188. The second kappa shape index (κ2) is 10.2. The first-order chi connectivity index (χ1) is 15.2. The zero-order valence-electron chi connectivity index (χ0n) is 18.9. The lowest BCUT2D eigenvalue weighted by Crippen LogP contribution is -2.47. The molecule has 0 aromatic heterocycles. The Morgan fingerprint density at radius 1 is 1.00 bits per heavy atom. The van der Waals surface area contributed by atoms with Gasteiger partial charge in [0.25, 0.3) is 0 Å². The van der Waals surface area contributed by atoms with Crippen LogP contribution in [0.25, 0.3) is 0 Å². The quantitative estimate of drug-likeness (QED) is 0.595. The summed E-state index contributed by atoms with van der Waals surface area (Å²) in [6.07, 6.45) is 0. The van der Waals surface area contributed by atoms with Crippen molar-refractivity contribution in [3.63, 3.8) is 0 Å². The van der Waals surface area contributed by atoms with E-state index in [2.05, 4.69) is 28.8 Å². The molecule has 8 nitrogen and oxygen atoms in total. The van der Waals surface area contributed by atoms with E-state index in [1.807, 2.05) is 24.3 Å². The third-order valence-corrected chi connectivity index (χ3v) is 6.76. The van der Waals surface area contributed by atoms with Gasteiger partial charge in [0, 0.05) is 30.5 Å². The van der Waals surface area contributed by atoms with Crippen LogP contribution in [0.5, 0.6) is 11.5 Å². The molecule has 2 aromatic rings. The first-order valence-corrected chi connectivity index (χ1v) is 12.3. The fourth-order valence-corrected chi connectivity index (χ4v) is 4.84. The molecule has 3 rings (SSSR count). The zero-order chi connectivity index (χ0) is 23.3. The van der Waals surface area contributed by atoms with E-state index in [4.69, 9.17) is 9.47 Å². The minimum atomic E-state index is -3.95. The van der Waals surface area contributed by atoms with E-state index in [-0.39, 0.29) is 10.8 Å². The van der Waals surface area contributed by atoms with Gasteiger partial charge in [0.15, 0.2) is 11.5 Å². The molecule has 1 heterocycles. The predicted octanol–water partition coefficient (Wildman–Crippen LogP) is 3.25. The fraction of sp³-hybridized carbons (Fsp3) is 0.435. The van der Waals surface area contributed by atoms with Gasteiger partial charge < -0.3 is 19.7 Å². The Kier molecular flexibility index (Phi) is 7.63. The summed E-state index contributed by atoms with van der Waals surface area (Å²) in [5, 5.41) is 2.82. The second-order valence-electron chi connectivity index (χ2n) is 7.86. The van der Waals surface area contributed by atoms with Crippen LogP contribution in [0.3, 0.4) is 0 Å². The Bertz CT molecular complexity index is 1030. The van der Waals surface area contributed by atoms with E-state index in [1.54, 1.807) is 19.9 Å². The molecule has 0 spiro atoms. The number of hydrogen-bond acceptors (Lipinski definition) is 6. The number of fused-ring (bicyclic) bond motifs is 1. The molecule has 0 fully saturated rings. The minimum absolute atomic E-state index is 0.0174. The van der Waals surface area contributed by atoms with Crippen LogP contribution in [-0.4, -0.2) is 46.7 Å². The Labute approximate surface area is 190 Å². The third kappa shape index (κ3) is 5.52. The van der Waals surface area contributed by atoms with E-state index < -0.39 is 22.0 Å². The molecule has 1 aliphatic rings. The van der Waals surface area contributed by atoms with Gasteiger partial charge in [0.05, 0.1) is 4.90 Å². The maximum absolute atomic E-state index is 13.0. The molecule has 1 unspecified atom stereocenters. The van der Waals surface area contributed by atoms with Crippen LogP contribution in [0.15, 0.2) is 47.4 Å². The number of hydrogen-bond donors (Lipinski definition) is 2. The maximum atomic E-state index is 13.0. The zero-order valence-corrected chi connectivity index (χ0v) is 19.7. The van der Waals surface area contributed by atoms with Crippen molar-refractivity contribution in [1.29, 1.82) is 0 Å². The first-order valence-electron chi connectivity index (χ1n) is 10.8. The lowest BCUT2D eigenvalue weighted by molar-refractivity contribution is -0.118. The SMILES string of the molecule is CCN(CC)c1ccc(NC(=O)C(NS(=O)(=O)c2ccc3c(c2)OCCO3)C(C)C)cc1. The Hall–Kier alpha value is -2.78. The highest BCUT2D eigenvalue weighted by molar-refractivity contribution is 7.89. The van der Waals surface area contributed by atoms with E-state index in [1.165, 1.54) is 12.1 Å². The van der Waals surface area contributed by atoms with Gasteiger partial charge in [-0.05, 0) is 56.2 Å². The minimum Gasteiger partial charge on any atom is -0.486 e. The van der Waals surface area contributed by atoms with Crippen LogP contribution in [-0.2, 0) is 14.8 Å². The summed E-state index contributed by atoms with van der Waals surface area (Å²) in [6.45, 7) is 10.3. The van der Waals surface area contributed by atoms with Crippen LogP contribution < -0.4 is 24.4 Å². The molecule has 9 heteroatoms. The van der Waals surface area contributed by atoms with Crippen molar-refractivity contribution in [2.45, 2.75) is 38.6 Å². The Balaban J connectivity index is 1.74. The number of anilines is 2. The van der Waals surface area contributed by atoms with Gasteiger partial charge in [-0.15, -0.1) is 0 Å². The van der Waals surface area contributed by atoms with Gasteiger partial charge in [-0.1, -0.05) is 13.8 Å². The Morgan fingerprint density at radius 3 is 2.22 bits per heavy atom. The number of ether oxygens (including phenoxy) is 2. The van der Waals surface area contributed by atoms with Crippen molar-refractivity contribution in [2.75, 3.05) is 36.5 Å². The van der Waals surface area contributed by atoms with Crippen LogP contribution in [0, 0.1) is 5.92 Å². The molecular formula is C23H31N3O5S. The number of carbonyl (C=O) groups is 1. The van der Waals surface area contributed by atoms with Gasteiger partial charge in [-0.3, -0.25) is 4.79 Å². The lowest BCUT2D eigenvalue weighted by Gasteiger charge is -2.23. The highest BCUT2D eigenvalue weighted by atomic mass is 32.2. The molecule has 1 aliphatic heterocycles. The lowest BCUT2D eigenvalue weighted by atomic mass is 10.0. The van der Waals surface area contributed by atoms with Crippen molar-refractivity contribution in [1.82, 2.24) is 4.72 Å². The summed E-state index contributed by atoms with van der Waals surface area (Å²) in [7, 11) is -3.95. The maximum Gasteiger partial charge on any atom is 0.242 e. The number of nitrogens with one attached hydrogen (secondary N) is 2. The molecule has 0 aliphatic carbocycles. The fourth-order valence-electron chi connectivity index (χ4n) is 3.48. The van der Waals surface area contributed by atoms with Gasteiger partial charge in [0.1, 0.15) is 19.3 Å². The number of carbonyl (C=O) groups excluding carboxylic acids is 1. The Morgan fingerprint density at radius 2 is 1.62 bits per heavy atom. The molecule has 32 heavy (non-hydrogen) atoms. The third-order valence-electron chi connectivity index (χ3n) is 5.32. The average molecular weight is 462 g/mol. The molecule has 1 atom stereocenters. The molecule has 2 aromatic carbocycles. The predicted molar refractivity (Wildman–Crippen MR) is 125 cm³/mol. The van der Waals surface area contributed by atoms with Gasteiger partial charge in [0.2, 0.25) is 15.9 Å². The second-order valence-corrected chi connectivity index (χ2v) is 9.57. The number of nitrogens with zero attached hydrogens (tertiary/aromatic N) is 1. The normalized spacial score (nSPS) is 14.2. The van der Waals surface area contributed by atoms with E-state index >= 15 is 0 Å². The van der Waals surface area contributed by atoms with E-state index in [9.17, 15) is 13.2 Å². The smallest absolute Gasteiger partial charge is 0.242 e. The number of rotatable bonds is 9. The molecule has 1 amide bonds. The van der Waals surface area contributed by atoms with Crippen LogP contribution in [0.4, 0.5) is 11.4 Å². The van der Waals surface area contributed by atoms with Crippen LogP contribution in [0.2, 0.25) is 0 Å². The highest BCUT2D eigenvalue weighted by Crippen LogP contribution is 2.32. The summed E-state index contributed by atoms with van der Waals surface area (Å²) in [5.41, 5.74) is 1.67. The molecule has 174 valence electrons. The summed E-state index contributed by atoms with van der Waals surface area (Å²) in [4.78, 5) is 15.1. The van der Waals surface area contributed by atoms with Crippen molar-refractivity contribution >= 4 is 27.3 Å². The molecule has 0 bridgehead atoms. The van der Waals surface area contributed by atoms with Gasteiger partial charge >= 0.3 is 0 Å². The molecule has 0 radical (unpaired) electrons. The van der Waals surface area contributed by atoms with Crippen molar-refractivity contribution in [3.8, 4) is 11.5 Å². The molecule has 0 saturated heterocycles. The highest BCUT2D eigenvalue weighted by Gasteiger charge is 2.29. The number of benzene rings is 2. The van der Waals surface area contributed by atoms with E-state index in [0.717, 1.165) is 18.8 Å². The van der Waals surface area contributed by atoms with Gasteiger partial charge in [-0.2, -0.15) is 4.72 Å². The first kappa shape index (κ1) is 23.9. The van der Waals surface area contributed by atoms with E-state index in [0.29, 0.717) is 30.4 Å². The summed E-state index contributed by atoms with van der Waals surface area (Å²) in [6, 6.07) is 11.0. The monoisotopic (exact) mass is 461 g/mol.